The Morgan fingerprint density at radius 2 is 1.57 bits per heavy atom. The van der Waals surface area contributed by atoms with Crippen molar-refractivity contribution in [3.63, 3.8) is 0 Å². The van der Waals surface area contributed by atoms with E-state index in [-0.39, 0.29) is 13.2 Å². The predicted octanol–water partition coefficient (Wildman–Crippen LogP) is 0.850. The van der Waals surface area contributed by atoms with Crippen LogP contribution in [0.4, 0.5) is 0 Å². The normalized spacial score (nSPS) is 10.0. The van der Waals surface area contributed by atoms with E-state index in [1.807, 2.05) is 0 Å². The zero-order valence-corrected chi connectivity index (χ0v) is 9.70. The van der Waals surface area contributed by atoms with Crippen LogP contribution in [0.1, 0.15) is 13.8 Å². The highest BCUT2D eigenvalue weighted by molar-refractivity contribution is 9.09. The van der Waals surface area contributed by atoms with Gasteiger partial charge in [-0.05, 0) is 0 Å². The van der Waals surface area contributed by atoms with E-state index in [0.717, 1.165) is 0 Å². The van der Waals surface area contributed by atoms with E-state index in [2.05, 4.69) is 15.9 Å². The van der Waals surface area contributed by atoms with Crippen molar-refractivity contribution in [2.75, 3.05) is 18.7 Å². The fraction of sp³-hybridized carbons (Fsp3) is 0.750. The summed E-state index contributed by atoms with van der Waals surface area (Å²) in [7, 11) is 0. The smallest absolute Gasteiger partial charge is 0.302 e. The van der Waals surface area contributed by atoms with E-state index in [4.69, 9.17) is 14.2 Å². The first-order chi connectivity index (χ1) is 6.56. The van der Waals surface area contributed by atoms with Crippen LogP contribution in [-0.4, -0.2) is 36.8 Å². The summed E-state index contributed by atoms with van der Waals surface area (Å²) in [4.78, 5) is 21.0. The van der Waals surface area contributed by atoms with Crippen LogP contribution in [0.3, 0.4) is 0 Å². The van der Waals surface area contributed by atoms with Crippen molar-refractivity contribution in [1.29, 1.82) is 0 Å². The van der Waals surface area contributed by atoms with E-state index < -0.39 is 18.0 Å². The summed E-state index contributed by atoms with van der Waals surface area (Å²) in [6.07, 6.45) is -0.429. The molecule has 0 N–H and O–H groups in total. The molecule has 0 bridgehead atoms. The number of rotatable bonds is 6. The number of hydrogen-bond donors (Lipinski definition) is 0. The number of alkyl halides is 1. The minimum atomic E-state index is -0.429. The van der Waals surface area contributed by atoms with Gasteiger partial charge in [0, 0.05) is 13.8 Å². The van der Waals surface area contributed by atoms with Gasteiger partial charge >= 0.3 is 11.9 Å². The molecule has 0 aliphatic rings. The third-order valence-corrected chi connectivity index (χ3v) is 1.51. The van der Waals surface area contributed by atoms with Crippen molar-refractivity contribution in [2.24, 2.45) is 0 Å². The summed E-state index contributed by atoms with van der Waals surface area (Å²) < 4.78 is 14.5. The SMILES string of the molecule is CC(=O)OCC(COC(C)=O)OCBr. The maximum Gasteiger partial charge on any atom is 0.302 e. The lowest BCUT2D eigenvalue weighted by atomic mass is 10.4. The minimum absolute atomic E-state index is 0.0776. The van der Waals surface area contributed by atoms with Gasteiger partial charge in [0.25, 0.3) is 0 Å². The van der Waals surface area contributed by atoms with Crippen LogP contribution < -0.4 is 0 Å². The average Bonchev–Trinajstić information content (AvgIpc) is 2.09. The first-order valence-corrected chi connectivity index (χ1v) is 5.12. The van der Waals surface area contributed by atoms with Crippen LogP contribution in [-0.2, 0) is 23.8 Å². The van der Waals surface area contributed by atoms with Crippen LogP contribution in [0.2, 0.25) is 0 Å². The van der Waals surface area contributed by atoms with E-state index in [1.54, 1.807) is 0 Å². The molecule has 0 aromatic rings. The Labute approximate surface area is 90.8 Å². The van der Waals surface area contributed by atoms with Gasteiger partial charge in [-0.1, -0.05) is 15.9 Å². The standard InChI is InChI=1S/C8H13BrO5/c1-6(10)12-3-8(14-5-9)4-13-7(2)11/h8H,3-5H2,1-2H3. The Hall–Kier alpha value is -0.620. The molecule has 0 saturated carbocycles. The average molecular weight is 269 g/mol. The zero-order valence-electron chi connectivity index (χ0n) is 8.12. The molecule has 0 aliphatic carbocycles. The van der Waals surface area contributed by atoms with Gasteiger partial charge in [-0.25, -0.2) is 0 Å². The molecule has 0 saturated heterocycles. The van der Waals surface area contributed by atoms with Gasteiger partial charge in [0.2, 0.25) is 0 Å². The lowest BCUT2D eigenvalue weighted by molar-refractivity contribution is -0.151. The van der Waals surface area contributed by atoms with E-state index in [1.165, 1.54) is 13.8 Å². The molecule has 82 valence electrons. The summed E-state index contributed by atoms with van der Waals surface area (Å²) in [5.74, 6) is -0.785. The number of carbonyl (C=O) groups excluding carboxylic acids is 2. The maximum atomic E-state index is 10.5. The fourth-order valence-corrected chi connectivity index (χ4v) is 1.03. The lowest BCUT2D eigenvalue weighted by Gasteiger charge is -2.15. The van der Waals surface area contributed by atoms with E-state index >= 15 is 0 Å². The molecule has 0 rings (SSSR count). The Morgan fingerprint density at radius 1 is 1.14 bits per heavy atom. The molecule has 0 radical (unpaired) electrons. The van der Waals surface area contributed by atoms with Crippen LogP contribution >= 0.6 is 15.9 Å². The van der Waals surface area contributed by atoms with Gasteiger partial charge in [0.15, 0.2) is 0 Å². The second kappa shape index (κ2) is 7.75. The molecule has 0 aromatic heterocycles. The summed E-state index contributed by atoms with van der Waals surface area (Å²) in [6, 6.07) is 0. The lowest BCUT2D eigenvalue weighted by Crippen LogP contribution is -2.27. The summed E-state index contributed by atoms with van der Waals surface area (Å²) >= 11 is 3.06. The summed E-state index contributed by atoms with van der Waals surface area (Å²) in [5.41, 5.74) is 0.292. The number of ether oxygens (including phenoxy) is 3. The van der Waals surface area contributed by atoms with Crippen molar-refractivity contribution in [1.82, 2.24) is 0 Å². The highest BCUT2D eigenvalue weighted by Crippen LogP contribution is 1.98. The first-order valence-electron chi connectivity index (χ1n) is 4.00. The monoisotopic (exact) mass is 268 g/mol. The Kier molecular flexibility index (Phi) is 7.41. The van der Waals surface area contributed by atoms with Crippen LogP contribution in [0.25, 0.3) is 0 Å². The number of halogens is 1. The highest BCUT2D eigenvalue weighted by atomic mass is 79.9. The molecule has 0 spiro atoms. The van der Waals surface area contributed by atoms with Gasteiger partial charge in [-0.3, -0.25) is 9.59 Å². The van der Waals surface area contributed by atoms with Gasteiger partial charge in [0.05, 0.1) is 0 Å². The van der Waals surface area contributed by atoms with Crippen molar-refractivity contribution < 1.29 is 23.8 Å². The molecule has 5 nitrogen and oxygen atoms in total. The summed E-state index contributed by atoms with van der Waals surface area (Å²) in [5, 5.41) is 0. The molecule has 0 aromatic carbocycles. The largest absolute Gasteiger partial charge is 0.463 e. The Morgan fingerprint density at radius 3 is 1.86 bits per heavy atom. The second-order valence-electron chi connectivity index (χ2n) is 2.50. The Balaban J connectivity index is 3.76. The second-order valence-corrected chi connectivity index (χ2v) is 2.96. The van der Waals surface area contributed by atoms with E-state index in [9.17, 15) is 9.59 Å². The van der Waals surface area contributed by atoms with Crippen molar-refractivity contribution in [3.8, 4) is 0 Å². The molecular weight excluding hydrogens is 256 g/mol. The molecular formula is C8H13BrO5. The topological polar surface area (TPSA) is 61.8 Å². The molecule has 0 unspecified atom stereocenters. The molecule has 14 heavy (non-hydrogen) atoms. The third-order valence-electron chi connectivity index (χ3n) is 1.24. The number of carbonyl (C=O) groups is 2. The molecule has 0 heterocycles. The molecule has 0 aliphatic heterocycles. The summed E-state index contributed by atoms with van der Waals surface area (Å²) in [6.45, 7) is 2.76. The van der Waals surface area contributed by atoms with Crippen LogP contribution in [0.5, 0.6) is 0 Å². The fourth-order valence-electron chi connectivity index (χ4n) is 0.654. The van der Waals surface area contributed by atoms with Gasteiger partial charge in [-0.2, -0.15) is 0 Å². The van der Waals surface area contributed by atoms with Crippen molar-refractivity contribution in [3.05, 3.63) is 0 Å². The van der Waals surface area contributed by atoms with E-state index in [0.29, 0.717) is 5.52 Å². The highest BCUT2D eigenvalue weighted by Gasteiger charge is 2.12. The Bertz CT molecular complexity index is 176. The number of esters is 2. The first kappa shape index (κ1) is 13.4. The maximum absolute atomic E-state index is 10.5. The third kappa shape index (κ3) is 8.00. The number of hydrogen-bond acceptors (Lipinski definition) is 5. The molecule has 0 fully saturated rings. The van der Waals surface area contributed by atoms with Crippen LogP contribution in [0.15, 0.2) is 0 Å². The van der Waals surface area contributed by atoms with Gasteiger partial charge in [-0.15, -0.1) is 0 Å². The molecule has 6 heteroatoms. The van der Waals surface area contributed by atoms with Crippen molar-refractivity contribution >= 4 is 27.9 Å². The van der Waals surface area contributed by atoms with Gasteiger partial charge in [0.1, 0.15) is 24.8 Å². The molecule has 0 amide bonds. The van der Waals surface area contributed by atoms with Crippen LogP contribution in [0, 0.1) is 0 Å². The minimum Gasteiger partial charge on any atom is -0.463 e. The zero-order chi connectivity index (χ0) is 11.0. The quantitative estimate of drug-likeness (QED) is 0.528. The van der Waals surface area contributed by atoms with Gasteiger partial charge < -0.3 is 14.2 Å². The van der Waals surface area contributed by atoms with Crippen molar-refractivity contribution in [2.45, 2.75) is 20.0 Å². The predicted molar refractivity (Wildman–Crippen MR) is 51.9 cm³/mol. The molecule has 0 atom stereocenters.